The van der Waals surface area contributed by atoms with Gasteiger partial charge in [-0.1, -0.05) is 39.0 Å². The van der Waals surface area contributed by atoms with Gasteiger partial charge in [-0.2, -0.15) is 6.42 Å². The van der Waals surface area contributed by atoms with E-state index in [1.165, 1.54) is 32.1 Å². The smallest absolute Gasteiger partial charge is 1.00 e. The van der Waals surface area contributed by atoms with Gasteiger partial charge in [0, 0.05) is 0 Å². The first-order chi connectivity index (χ1) is 7.04. The molecule has 0 aromatic rings. The third kappa shape index (κ3) is 38.2. The van der Waals surface area contributed by atoms with Crippen molar-refractivity contribution in [3.63, 3.8) is 0 Å². The van der Waals surface area contributed by atoms with Gasteiger partial charge in [0.2, 0.25) is 0 Å². The minimum Gasteiger partial charge on any atom is -1.00 e. The van der Waals surface area contributed by atoms with Crippen molar-refractivity contribution in [1.29, 1.82) is 0 Å². The SMILES string of the molecule is O=C(O)CC(=O)O.[CH2-]CCCCCCC.[H-].[K+].[Li+]. The average molecular weight is 264 g/mol. The van der Waals surface area contributed by atoms with E-state index < -0.39 is 18.4 Å². The zero-order chi connectivity index (χ0) is 12.1. The molecule has 0 aliphatic rings. The Labute approximate surface area is 160 Å². The molecule has 0 rings (SSSR count). The van der Waals surface area contributed by atoms with Gasteiger partial charge in [-0.15, -0.1) is 0 Å². The summed E-state index contributed by atoms with van der Waals surface area (Å²) in [5, 5.41) is 15.4. The van der Waals surface area contributed by atoms with Gasteiger partial charge in [0.05, 0.1) is 0 Å². The van der Waals surface area contributed by atoms with Crippen LogP contribution < -0.4 is 70.2 Å². The summed E-state index contributed by atoms with van der Waals surface area (Å²) in [4.78, 5) is 18.9. The first-order valence-corrected chi connectivity index (χ1v) is 5.27. The van der Waals surface area contributed by atoms with E-state index >= 15 is 0 Å². The van der Waals surface area contributed by atoms with Gasteiger partial charge in [-0.3, -0.25) is 9.59 Å². The summed E-state index contributed by atoms with van der Waals surface area (Å²) in [5.74, 6) is -2.62. The molecular formula is C11H22KLiO4. The van der Waals surface area contributed by atoms with E-state index in [2.05, 4.69) is 13.8 Å². The molecule has 0 amide bonds. The molecule has 2 N–H and O–H groups in total. The Morgan fingerprint density at radius 2 is 1.47 bits per heavy atom. The van der Waals surface area contributed by atoms with Crippen LogP contribution in [-0.2, 0) is 9.59 Å². The second-order valence-corrected chi connectivity index (χ2v) is 3.23. The number of unbranched alkanes of at least 4 members (excludes halogenated alkanes) is 5. The summed E-state index contributed by atoms with van der Waals surface area (Å²) in [6, 6.07) is 0. The van der Waals surface area contributed by atoms with Gasteiger partial charge in [-0.25, -0.2) is 0 Å². The first kappa shape index (κ1) is 26.7. The quantitative estimate of drug-likeness (QED) is 0.220. The van der Waals surface area contributed by atoms with Crippen molar-refractivity contribution < 1.29 is 91.5 Å². The van der Waals surface area contributed by atoms with Crippen molar-refractivity contribution in [2.24, 2.45) is 0 Å². The fourth-order valence-corrected chi connectivity index (χ4v) is 0.910. The predicted octanol–water partition coefficient (Wildman–Crippen LogP) is -3.15. The molecule has 17 heavy (non-hydrogen) atoms. The Morgan fingerprint density at radius 3 is 1.71 bits per heavy atom. The molecule has 0 aromatic heterocycles. The molecule has 0 bridgehead atoms. The van der Waals surface area contributed by atoms with Crippen LogP contribution in [-0.4, -0.2) is 22.2 Å². The number of carboxylic acids is 2. The zero-order valence-corrected chi connectivity index (χ0v) is 14.5. The standard InChI is InChI=1S/C8H17.C3H4O4.K.Li.H/c1-3-5-7-8-6-4-2;4-2(5)1-3(6)7;;;/h1,3-8H2,2H3;1H2,(H,4,5)(H,6,7);;;/q-1;;2*+1;-1. The molecule has 0 aliphatic heterocycles. The maximum absolute atomic E-state index is 9.43. The third-order valence-electron chi connectivity index (χ3n) is 1.66. The molecular weight excluding hydrogens is 242 g/mol. The van der Waals surface area contributed by atoms with Crippen LogP contribution in [0.5, 0.6) is 0 Å². The Hall–Kier alpha value is 1.17. The van der Waals surface area contributed by atoms with Crippen molar-refractivity contribution in [2.45, 2.75) is 51.9 Å². The van der Waals surface area contributed by atoms with E-state index in [4.69, 9.17) is 10.2 Å². The summed E-state index contributed by atoms with van der Waals surface area (Å²) < 4.78 is 0. The normalized spacial score (nSPS) is 7.88. The zero-order valence-electron chi connectivity index (χ0n) is 12.4. The fourth-order valence-electron chi connectivity index (χ4n) is 0.910. The maximum atomic E-state index is 9.43. The molecule has 0 radical (unpaired) electrons. The molecule has 0 aliphatic carbocycles. The molecule has 6 heteroatoms. The van der Waals surface area contributed by atoms with Crippen molar-refractivity contribution in [3.05, 3.63) is 6.92 Å². The van der Waals surface area contributed by atoms with E-state index in [0.717, 1.165) is 6.42 Å². The summed E-state index contributed by atoms with van der Waals surface area (Å²) >= 11 is 0. The summed E-state index contributed by atoms with van der Waals surface area (Å²) in [7, 11) is 0. The molecule has 0 spiro atoms. The Bertz CT molecular complexity index is 164. The number of carbonyl (C=O) groups is 2. The summed E-state index contributed by atoms with van der Waals surface area (Å²) in [6.45, 7) is 6.02. The number of aliphatic carboxylic acids is 2. The van der Waals surface area contributed by atoms with E-state index in [1.807, 2.05) is 0 Å². The van der Waals surface area contributed by atoms with Crippen LogP contribution in [0.15, 0.2) is 0 Å². The fraction of sp³-hybridized carbons (Fsp3) is 0.727. The molecule has 0 unspecified atom stereocenters. The number of hydrogen-bond donors (Lipinski definition) is 2. The van der Waals surface area contributed by atoms with Gasteiger partial charge < -0.3 is 18.6 Å². The number of carboxylic acid groups (broad SMARTS) is 2. The monoisotopic (exact) mass is 264 g/mol. The van der Waals surface area contributed by atoms with Crippen LogP contribution in [0.4, 0.5) is 0 Å². The second kappa shape index (κ2) is 22.4. The van der Waals surface area contributed by atoms with Gasteiger partial charge >= 0.3 is 82.2 Å². The maximum Gasteiger partial charge on any atom is 1.00 e. The Balaban J connectivity index is -0.0000000540. The molecule has 4 nitrogen and oxygen atoms in total. The van der Waals surface area contributed by atoms with Crippen LogP contribution in [0.1, 0.15) is 53.3 Å². The minimum absolute atomic E-state index is 0. The third-order valence-corrected chi connectivity index (χ3v) is 1.66. The average Bonchev–Trinajstić information content (AvgIpc) is 2.11. The number of hydrogen-bond acceptors (Lipinski definition) is 2. The van der Waals surface area contributed by atoms with E-state index in [-0.39, 0.29) is 71.7 Å². The number of rotatable bonds is 7. The van der Waals surface area contributed by atoms with E-state index in [1.54, 1.807) is 0 Å². The topological polar surface area (TPSA) is 74.6 Å². The molecule has 0 heterocycles. The van der Waals surface area contributed by atoms with Gasteiger partial charge in [-0.05, 0) is 0 Å². The van der Waals surface area contributed by atoms with Crippen molar-refractivity contribution >= 4 is 11.9 Å². The van der Waals surface area contributed by atoms with Crippen LogP contribution >= 0.6 is 0 Å². The van der Waals surface area contributed by atoms with Crippen molar-refractivity contribution in [1.82, 2.24) is 0 Å². The molecule has 0 saturated carbocycles. The van der Waals surface area contributed by atoms with Crippen LogP contribution in [0.3, 0.4) is 0 Å². The molecule has 0 aromatic carbocycles. The second-order valence-electron chi connectivity index (χ2n) is 3.23. The minimum atomic E-state index is -1.31. The first-order valence-electron chi connectivity index (χ1n) is 5.27. The van der Waals surface area contributed by atoms with Crippen LogP contribution in [0.2, 0.25) is 0 Å². The summed E-state index contributed by atoms with van der Waals surface area (Å²) in [5.41, 5.74) is 0. The van der Waals surface area contributed by atoms with Gasteiger partial charge in [0.1, 0.15) is 6.42 Å². The van der Waals surface area contributed by atoms with E-state index in [0.29, 0.717) is 0 Å². The van der Waals surface area contributed by atoms with Crippen molar-refractivity contribution in [3.8, 4) is 0 Å². The molecule has 0 atom stereocenters. The Kier molecular flexibility index (Phi) is 35.1. The van der Waals surface area contributed by atoms with Crippen LogP contribution in [0, 0.1) is 6.92 Å². The van der Waals surface area contributed by atoms with Gasteiger partial charge in [0.25, 0.3) is 0 Å². The van der Waals surface area contributed by atoms with E-state index in [9.17, 15) is 9.59 Å². The molecule has 92 valence electrons. The van der Waals surface area contributed by atoms with Crippen LogP contribution in [0.25, 0.3) is 0 Å². The summed E-state index contributed by atoms with van der Waals surface area (Å²) in [6.07, 6.45) is 7.17. The Morgan fingerprint density at radius 1 is 1.06 bits per heavy atom. The molecule has 0 fully saturated rings. The van der Waals surface area contributed by atoms with Gasteiger partial charge in [0.15, 0.2) is 0 Å². The predicted molar refractivity (Wildman–Crippen MR) is 59.7 cm³/mol. The molecule has 0 saturated heterocycles. The van der Waals surface area contributed by atoms with Crippen molar-refractivity contribution in [2.75, 3.05) is 0 Å². The largest absolute Gasteiger partial charge is 1.00 e.